The number of ether oxygens (including phenoxy) is 1. The summed E-state index contributed by atoms with van der Waals surface area (Å²) in [5.74, 6) is 3.34. The molecule has 0 heterocycles. The summed E-state index contributed by atoms with van der Waals surface area (Å²) in [4.78, 5) is 11.8. The van der Waals surface area contributed by atoms with Gasteiger partial charge in [-0.1, -0.05) is 30.3 Å². The third-order valence-electron chi connectivity index (χ3n) is 5.18. The van der Waals surface area contributed by atoms with E-state index in [1.54, 1.807) is 0 Å². The zero-order chi connectivity index (χ0) is 15.4. The summed E-state index contributed by atoms with van der Waals surface area (Å²) in [5.41, 5.74) is 1.44. The van der Waals surface area contributed by atoms with Crippen LogP contribution in [-0.2, 0) is 11.3 Å². The van der Waals surface area contributed by atoms with E-state index in [2.05, 4.69) is 11.2 Å². The van der Waals surface area contributed by atoms with Crippen LogP contribution in [0.3, 0.4) is 0 Å². The molecular weight excluding hydrogens is 274 g/mol. The molecule has 3 rings (SSSR count). The molecule has 1 aromatic rings. The predicted molar refractivity (Wildman–Crippen MR) is 86.0 cm³/mol. The van der Waals surface area contributed by atoms with Crippen LogP contribution in [0.25, 0.3) is 0 Å². The van der Waals surface area contributed by atoms with Crippen molar-refractivity contribution >= 4 is 6.09 Å². The molecule has 2 fully saturated rings. The topological polar surface area (TPSA) is 38.3 Å². The van der Waals surface area contributed by atoms with Gasteiger partial charge in [0.05, 0.1) is 0 Å². The number of rotatable bonds is 3. The van der Waals surface area contributed by atoms with Crippen molar-refractivity contribution in [2.75, 3.05) is 0 Å². The van der Waals surface area contributed by atoms with Crippen molar-refractivity contribution in [3.05, 3.63) is 35.9 Å². The number of hydrogen-bond acceptors (Lipinski definition) is 2. The van der Waals surface area contributed by atoms with Gasteiger partial charge in [0.1, 0.15) is 6.61 Å². The molecular formula is C19H23NO2. The van der Waals surface area contributed by atoms with E-state index in [4.69, 9.17) is 11.2 Å². The number of terminal acetylenes is 1. The van der Waals surface area contributed by atoms with Crippen LogP contribution in [0.4, 0.5) is 4.79 Å². The van der Waals surface area contributed by atoms with Gasteiger partial charge >= 0.3 is 6.09 Å². The summed E-state index contributed by atoms with van der Waals surface area (Å²) in [6.07, 6.45) is 12.0. The van der Waals surface area contributed by atoms with Crippen LogP contribution in [0, 0.1) is 23.7 Å². The minimum atomic E-state index is -0.305. The van der Waals surface area contributed by atoms with Crippen LogP contribution in [0.1, 0.15) is 44.1 Å². The summed E-state index contributed by atoms with van der Waals surface area (Å²) < 4.78 is 5.27. The number of carbonyl (C=O) groups excluding carboxylic acids is 1. The van der Waals surface area contributed by atoms with Crippen LogP contribution in [0.2, 0.25) is 0 Å². The largest absolute Gasteiger partial charge is 0.445 e. The summed E-state index contributed by atoms with van der Waals surface area (Å²) in [5, 5.41) is 2.98. The van der Waals surface area contributed by atoms with E-state index in [9.17, 15) is 4.79 Å². The van der Waals surface area contributed by atoms with E-state index < -0.39 is 0 Å². The molecule has 1 N–H and O–H groups in total. The van der Waals surface area contributed by atoms with E-state index in [-0.39, 0.29) is 12.1 Å². The first-order valence-corrected chi connectivity index (χ1v) is 8.12. The molecule has 2 aliphatic rings. The molecule has 0 atom stereocenters. The lowest BCUT2D eigenvalue weighted by Crippen LogP contribution is -2.52. The third-order valence-corrected chi connectivity index (χ3v) is 5.18. The number of amides is 1. The Hall–Kier alpha value is -1.95. The fraction of sp³-hybridized carbons (Fsp3) is 0.526. The smallest absolute Gasteiger partial charge is 0.407 e. The average molecular weight is 297 g/mol. The molecule has 3 nitrogen and oxygen atoms in total. The van der Waals surface area contributed by atoms with Crippen LogP contribution < -0.4 is 5.32 Å². The molecule has 116 valence electrons. The first-order valence-electron chi connectivity index (χ1n) is 8.12. The van der Waals surface area contributed by atoms with Crippen LogP contribution >= 0.6 is 0 Å². The van der Waals surface area contributed by atoms with Crippen LogP contribution in [0.15, 0.2) is 30.3 Å². The second-order valence-electron chi connectivity index (χ2n) is 6.75. The molecule has 0 unspecified atom stereocenters. The zero-order valence-corrected chi connectivity index (χ0v) is 12.9. The molecule has 0 radical (unpaired) electrons. The van der Waals surface area contributed by atoms with Crippen molar-refractivity contribution in [1.82, 2.24) is 5.32 Å². The first kappa shape index (κ1) is 15.0. The van der Waals surface area contributed by atoms with Gasteiger partial charge in [-0.15, -0.1) is 12.3 Å². The van der Waals surface area contributed by atoms with Crippen molar-refractivity contribution in [3.63, 3.8) is 0 Å². The van der Waals surface area contributed by atoms with Gasteiger partial charge < -0.3 is 10.1 Å². The SMILES string of the molecule is C#CC1CCC2(CC1)CC(NC(=O)OCc1ccccc1)C2. The summed E-state index contributed by atoms with van der Waals surface area (Å²) in [6.45, 7) is 0.328. The van der Waals surface area contributed by atoms with Gasteiger partial charge in [-0.25, -0.2) is 4.79 Å². The van der Waals surface area contributed by atoms with Gasteiger partial charge in [-0.05, 0) is 49.5 Å². The average Bonchev–Trinajstić information content (AvgIpc) is 2.53. The van der Waals surface area contributed by atoms with Crippen molar-refractivity contribution in [2.24, 2.45) is 11.3 Å². The number of carbonyl (C=O) groups is 1. The Balaban J connectivity index is 1.37. The van der Waals surface area contributed by atoms with E-state index in [1.165, 1.54) is 12.8 Å². The van der Waals surface area contributed by atoms with E-state index >= 15 is 0 Å². The van der Waals surface area contributed by atoms with E-state index in [0.29, 0.717) is 17.9 Å². The Morgan fingerprint density at radius 3 is 2.59 bits per heavy atom. The highest BCUT2D eigenvalue weighted by Crippen LogP contribution is 2.52. The molecule has 1 aromatic carbocycles. The van der Waals surface area contributed by atoms with Crippen molar-refractivity contribution in [3.8, 4) is 12.3 Å². The lowest BCUT2D eigenvalue weighted by Gasteiger charge is -2.51. The molecule has 0 aromatic heterocycles. The minimum Gasteiger partial charge on any atom is -0.445 e. The second kappa shape index (κ2) is 6.44. The Bertz CT molecular complexity index is 545. The van der Waals surface area contributed by atoms with Crippen molar-refractivity contribution in [2.45, 2.75) is 51.2 Å². The predicted octanol–water partition coefficient (Wildman–Crippen LogP) is 3.89. The Morgan fingerprint density at radius 2 is 1.95 bits per heavy atom. The lowest BCUT2D eigenvalue weighted by atomic mass is 9.57. The quantitative estimate of drug-likeness (QED) is 0.860. The third kappa shape index (κ3) is 3.44. The van der Waals surface area contributed by atoms with Gasteiger partial charge in [-0.2, -0.15) is 0 Å². The highest BCUT2D eigenvalue weighted by molar-refractivity contribution is 5.67. The maximum absolute atomic E-state index is 11.8. The standard InChI is InChI=1S/C19H23NO2/c1-2-15-8-10-19(11-9-15)12-17(13-19)20-18(21)22-14-16-6-4-3-5-7-16/h1,3-7,15,17H,8-14H2,(H,20,21). The normalized spacial score (nSPS) is 30.1. The molecule has 0 bridgehead atoms. The van der Waals surface area contributed by atoms with Crippen LogP contribution in [-0.4, -0.2) is 12.1 Å². The Labute approximate surface area is 132 Å². The van der Waals surface area contributed by atoms with Gasteiger partial charge in [0.25, 0.3) is 0 Å². The molecule has 0 saturated heterocycles. The molecule has 2 saturated carbocycles. The number of alkyl carbamates (subject to hydrolysis) is 1. The molecule has 22 heavy (non-hydrogen) atoms. The lowest BCUT2D eigenvalue weighted by molar-refractivity contribution is 0.0270. The summed E-state index contributed by atoms with van der Waals surface area (Å²) in [6, 6.07) is 10.0. The fourth-order valence-corrected chi connectivity index (χ4v) is 3.82. The maximum atomic E-state index is 11.8. The van der Waals surface area contributed by atoms with E-state index in [0.717, 1.165) is 31.2 Å². The maximum Gasteiger partial charge on any atom is 0.407 e. The highest BCUT2D eigenvalue weighted by Gasteiger charge is 2.46. The first-order chi connectivity index (χ1) is 10.7. The number of hydrogen-bond donors (Lipinski definition) is 1. The van der Waals surface area contributed by atoms with E-state index in [1.807, 2.05) is 30.3 Å². The number of benzene rings is 1. The highest BCUT2D eigenvalue weighted by atomic mass is 16.5. The second-order valence-corrected chi connectivity index (χ2v) is 6.75. The molecule has 3 heteroatoms. The van der Waals surface area contributed by atoms with Crippen LogP contribution in [0.5, 0.6) is 0 Å². The molecule has 0 aliphatic heterocycles. The molecule has 2 aliphatic carbocycles. The van der Waals surface area contributed by atoms with Gasteiger partial charge in [0.2, 0.25) is 0 Å². The van der Waals surface area contributed by atoms with Crippen molar-refractivity contribution in [1.29, 1.82) is 0 Å². The Morgan fingerprint density at radius 1 is 1.27 bits per heavy atom. The summed E-state index contributed by atoms with van der Waals surface area (Å²) >= 11 is 0. The van der Waals surface area contributed by atoms with Crippen molar-refractivity contribution < 1.29 is 9.53 Å². The molecule has 1 spiro atoms. The fourth-order valence-electron chi connectivity index (χ4n) is 3.82. The molecule has 1 amide bonds. The van der Waals surface area contributed by atoms with Gasteiger partial charge in [0, 0.05) is 12.0 Å². The number of nitrogens with one attached hydrogen (secondary N) is 1. The van der Waals surface area contributed by atoms with Gasteiger partial charge in [-0.3, -0.25) is 0 Å². The van der Waals surface area contributed by atoms with Gasteiger partial charge in [0.15, 0.2) is 0 Å². The zero-order valence-electron chi connectivity index (χ0n) is 12.9. The monoisotopic (exact) mass is 297 g/mol. The summed E-state index contributed by atoms with van der Waals surface area (Å²) in [7, 11) is 0. The minimum absolute atomic E-state index is 0.269. The Kier molecular flexibility index (Phi) is 4.38.